The average molecular weight is 440 g/mol. The number of carbonyl (C=O) groups excluding carboxylic acids is 1. The average Bonchev–Trinajstić information content (AvgIpc) is 3.31. The summed E-state index contributed by atoms with van der Waals surface area (Å²) in [5.74, 6) is 0.0558. The molecule has 5 nitrogen and oxygen atoms in total. The predicted molar refractivity (Wildman–Crippen MR) is 117 cm³/mol. The van der Waals surface area contributed by atoms with E-state index >= 15 is 0 Å². The van der Waals surface area contributed by atoms with Crippen molar-refractivity contribution in [2.75, 3.05) is 5.32 Å². The van der Waals surface area contributed by atoms with E-state index in [1.807, 2.05) is 56.3 Å². The number of nitrogens with one attached hydrogen (secondary N) is 2. The molecule has 0 bridgehead atoms. The summed E-state index contributed by atoms with van der Waals surface area (Å²) < 4.78 is 40.2. The molecule has 2 atom stereocenters. The molecule has 1 aromatic heterocycles. The first-order chi connectivity index (χ1) is 15.2. The summed E-state index contributed by atoms with van der Waals surface area (Å²) >= 11 is 0. The zero-order valence-electron chi connectivity index (χ0n) is 17.6. The Morgan fingerprint density at radius 1 is 1.03 bits per heavy atom. The van der Waals surface area contributed by atoms with Gasteiger partial charge in [0.15, 0.2) is 0 Å². The van der Waals surface area contributed by atoms with Gasteiger partial charge in [0.25, 0.3) is 0 Å². The normalized spacial score (nSPS) is 18.0. The third-order valence-corrected chi connectivity index (χ3v) is 5.59. The number of alkyl halides is 3. The van der Waals surface area contributed by atoms with Crippen LogP contribution in [0.2, 0.25) is 0 Å². The minimum Gasteiger partial charge on any atom is -0.332 e. The van der Waals surface area contributed by atoms with Crippen LogP contribution < -0.4 is 10.6 Å². The molecule has 0 saturated carbocycles. The van der Waals surface area contributed by atoms with Gasteiger partial charge >= 0.3 is 12.2 Å². The van der Waals surface area contributed by atoms with Crippen molar-refractivity contribution < 1.29 is 18.0 Å². The van der Waals surface area contributed by atoms with E-state index in [1.165, 1.54) is 12.1 Å². The Labute approximate surface area is 183 Å². The molecule has 1 aliphatic carbocycles. The van der Waals surface area contributed by atoms with Crippen molar-refractivity contribution in [2.45, 2.75) is 38.4 Å². The predicted octanol–water partition coefficient (Wildman–Crippen LogP) is 5.74. The molecule has 2 aromatic carbocycles. The second-order valence-electron chi connectivity index (χ2n) is 7.84. The summed E-state index contributed by atoms with van der Waals surface area (Å²) in [7, 11) is 0. The molecule has 0 spiro atoms. The van der Waals surface area contributed by atoms with E-state index in [2.05, 4.69) is 15.7 Å². The van der Waals surface area contributed by atoms with Crippen molar-refractivity contribution in [1.82, 2.24) is 15.1 Å². The van der Waals surface area contributed by atoms with Crippen molar-refractivity contribution in [3.8, 4) is 5.69 Å². The van der Waals surface area contributed by atoms with Crippen molar-refractivity contribution in [2.24, 2.45) is 0 Å². The van der Waals surface area contributed by atoms with Crippen LogP contribution in [0, 0.1) is 13.8 Å². The number of urea groups is 1. The molecule has 4 rings (SSSR count). The van der Waals surface area contributed by atoms with Crippen LogP contribution in [0.3, 0.4) is 0 Å². The number of aryl methyl sites for hydroxylation is 1. The number of para-hydroxylation sites is 1. The lowest BCUT2D eigenvalue weighted by Gasteiger charge is -2.15. The van der Waals surface area contributed by atoms with E-state index in [9.17, 15) is 18.0 Å². The minimum absolute atomic E-state index is 0.0558. The van der Waals surface area contributed by atoms with Crippen LogP contribution in [-0.4, -0.2) is 21.9 Å². The third kappa shape index (κ3) is 4.54. The van der Waals surface area contributed by atoms with E-state index < -0.39 is 11.7 Å². The van der Waals surface area contributed by atoms with E-state index in [0.717, 1.165) is 29.1 Å². The number of hydrogen-bond acceptors (Lipinski definition) is 2. The lowest BCUT2D eigenvalue weighted by Crippen LogP contribution is -2.36. The molecule has 0 unspecified atom stereocenters. The van der Waals surface area contributed by atoms with Crippen LogP contribution in [0.1, 0.15) is 34.9 Å². The maximum absolute atomic E-state index is 12.9. The molecule has 0 aliphatic heterocycles. The van der Waals surface area contributed by atoms with Crippen LogP contribution in [0.15, 0.2) is 66.7 Å². The van der Waals surface area contributed by atoms with Crippen LogP contribution in [0.5, 0.6) is 0 Å². The summed E-state index contributed by atoms with van der Waals surface area (Å²) in [5, 5.41) is 10.3. The molecule has 0 fully saturated rings. The van der Waals surface area contributed by atoms with Gasteiger partial charge in [0.05, 0.1) is 16.9 Å². The maximum atomic E-state index is 12.9. The number of rotatable bonds is 4. The zero-order chi connectivity index (χ0) is 22.9. The number of aromatic nitrogens is 2. The molecule has 166 valence electrons. The molecule has 2 amide bonds. The Balaban J connectivity index is 1.45. The highest BCUT2D eigenvalue weighted by Crippen LogP contribution is 2.34. The lowest BCUT2D eigenvalue weighted by molar-refractivity contribution is -0.137. The number of halogens is 3. The van der Waals surface area contributed by atoms with E-state index in [0.29, 0.717) is 17.8 Å². The van der Waals surface area contributed by atoms with Crippen molar-refractivity contribution in [1.29, 1.82) is 0 Å². The Morgan fingerprint density at radius 2 is 1.72 bits per heavy atom. The fraction of sp³-hybridized carbons (Fsp3) is 0.250. The maximum Gasteiger partial charge on any atom is 0.416 e. The SMILES string of the molecule is Cc1nn(-c2ccc(C(F)(F)F)cc2)c(C)c1[C@H]1C=C[C@@H](NC(=O)Nc2ccccc2)C1. The third-order valence-electron chi connectivity index (χ3n) is 5.59. The summed E-state index contributed by atoms with van der Waals surface area (Å²) in [6.07, 6.45) is 0.315. The Kier molecular flexibility index (Phi) is 5.78. The van der Waals surface area contributed by atoms with Gasteiger partial charge in [0.2, 0.25) is 0 Å². The minimum atomic E-state index is -4.37. The Morgan fingerprint density at radius 3 is 2.38 bits per heavy atom. The van der Waals surface area contributed by atoms with Gasteiger partial charge in [-0.2, -0.15) is 18.3 Å². The number of carbonyl (C=O) groups is 1. The number of benzene rings is 2. The van der Waals surface area contributed by atoms with Crippen molar-refractivity contribution in [3.05, 3.63) is 89.3 Å². The van der Waals surface area contributed by atoms with E-state index in [4.69, 9.17) is 0 Å². The highest BCUT2D eigenvalue weighted by Gasteiger charge is 2.30. The van der Waals surface area contributed by atoms with Gasteiger partial charge in [0.1, 0.15) is 0 Å². The lowest BCUT2D eigenvalue weighted by atomic mass is 9.96. The van der Waals surface area contributed by atoms with E-state index in [-0.39, 0.29) is 18.0 Å². The van der Waals surface area contributed by atoms with Gasteiger partial charge in [-0.15, -0.1) is 0 Å². The second-order valence-corrected chi connectivity index (χ2v) is 7.84. The number of hydrogen-bond donors (Lipinski definition) is 2. The topological polar surface area (TPSA) is 59.0 Å². The van der Waals surface area contributed by atoms with Gasteiger partial charge in [-0.05, 0) is 56.7 Å². The zero-order valence-corrected chi connectivity index (χ0v) is 17.6. The highest BCUT2D eigenvalue weighted by atomic mass is 19.4. The smallest absolute Gasteiger partial charge is 0.332 e. The number of amides is 2. The van der Waals surface area contributed by atoms with Crippen LogP contribution >= 0.6 is 0 Å². The van der Waals surface area contributed by atoms with Gasteiger partial charge < -0.3 is 10.6 Å². The van der Waals surface area contributed by atoms with E-state index in [1.54, 1.807) is 4.68 Å². The first-order valence-electron chi connectivity index (χ1n) is 10.3. The Bertz CT molecular complexity index is 1130. The fourth-order valence-electron chi connectivity index (χ4n) is 4.11. The van der Waals surface area contributed by atoms with Gasteiger partial charge in [-0.3, -0.25) is 0 Å². The molecule has 8 heteroatoms. The quantitative estimate of drug-likeness (QED) is 0.508. The summed E-state index contributed by atoms with van der Waals surface area (Å²) in [6.45, 7) is 3.79. The van der Waals surface area contributed by atoms with Gasteiger partial charge in [-0.25, -0.2) is 9.48 Å². The summed E-state index contributed by atoms with van der Waals surface area (Å²) in [6, 6.07) is 13.8. The molecule has 3 aromatic rings. The molecule has 1 heterocycles. The molecular weight excluding hydrogens is 417 g/mol. The molecular formula is C24H23F3N4O. The number of nitrogens with zero attached hydrogens (tertiary/aromatic N) is 2. The molecule has 0 radical (unpaired) electrons. The number of anilines is 1. The van der Waals surface area contributed by atoms with Crippen LogP contribution in [0.4, 0.5) is 23.7 Å². The second kappa shape index (κ2) is 8.53. The van der Waals surface area contributed by atoms with Crippen LogP contribution in [0.25, 0.3) is 5.69 Å². The highest BCUT2D eigenvalue weighted by molar-refractivity contribution is 5.89. The monoisotopic (exact) mass is 440 g/mol. The van der Waals surface area contributed by atoms with Gasteiger partial charge in [-0.1, -0.05) is 30.4 Å². The van der Waals surface area contributed by atoms with Crippen molar-refractivity contribution >= 4 is 11.7 Å². The molecule has 1 aliphatic rings. The fourth-order valence-corrected chi connectivity index (χ4v) is 4.11. The Hall–Kier alpha value is -3.55. The summed E-state index contributed by atoms with van der Waals surface area (Å²) in [4.78, 5) is 12.3. The summed E-state index contributed by atoms with van der Waals surface area (Å²) in [5.41, 5.74) is 3.30. The molecule has 32 heavy (non-hydrogen) atoms. The van der Waals surface area contributed by atoms with Crippen molar-refractivity contribution in [3.63, 3.8) is 0 Å². The number of allylic oxidation sites excluding steroid dienone is 1. The van der Waals surface area contributed by atoms with Crippen LogP contribution in [-0.2, 0) is 6.18 Å². The standard InChI is InChI=1S/C24H23F3N4O/c1-15-22(16(2)31(30-15)21-12-9-18(10-13-21)24(25,26)27)17-8-11-20(14-17)29-23(32)28-19-6-4-3-5-7-19/h3-13,17,20H,14H2,1-2H3,(H2,28,29,32)/t17-,20+/m0/s1. The molecule has 2 N–H and O–H groups in total. The van der Waals surface area contributed by atoms with Gasteiger partial charge in [0, 0.05) is 28.9 Å². The largest absolute Gasteiger partial charge is 0.416 e. The molecule has 0 saturated heterocycles. The first kappa shape index (κ1) is 21.7. The first-order valence-corrected chi connectivity index (χ1v) is 10.3.